The number of hydrogen-bond donors (Lipinski definition) is 2. The number of amides is 2. The lowest BCUT2D eigenvalue weighted by atomic mass is 10.1. The minimum Gasteiger partial charge on any atom is -0.482 e. The van der Waals surface area contributed by atoms with E-state index in [0.29, 0.717) is 17.0 Å². The smallest absolute Gasteiger partial charge is 0.262 e. The molecule has 152 valence electrons. The molecule has 9 heteroatoms. The third-order valence-electron chi connectivity index (χ3n) is 4.47. The largest absolute Gasteiger partial charge is 0.482 e. The number of anilines is 2. The van der Waals surface area contributed by atoms with Crippen molar-refractivity contribution in [2.75, 3.05) is 17.2 Å². The molecule has 0 aliphatic carbocycles. The van der Waals surface area contributed by atoms with Crippen molar-refractivity contribution in [3.8, 4) is 5.75 Å². The van der Waals surface area contributed by atoms with Crippen molar-refractivity contribution in [2.45, 2.75) is 30.4 Å². The molecule has 2 aromatic rings. The first kappa shape index (κ1) is 20.5. The molecule has 1 aliphatic rings. The third-order valence-corrected chi connectivity index (χ3v) is 6.60. The second kappa shape index (κ2) is 8.04. The number of sulfone groups is 1. The Bertz CT molecular complexity index is 1090. The van der Waals surface area contributed by atoms with Crippen LogP contribution < -0.4 is 15.4 Å². The Kier molecular flexibility index (Phi) is 5.69. The molecule has 3 rings (SSSR count). The fourth-order valence-electron chi connectivity index (χ4n) is 2.87. The Morgan fingerprint density at radius 1 is 1.21 bits per heavy atom. The van der Waals surface area contributed by atoms with Crippen LogP contribution in [0.3, 0.4) is 0 Å². The molecule has 0 saturated carbocycles. The van der Waals surface area contributed by atoms with E-state index in [2.05, 4.69) is 10.6 Å². The molecule has 1 heterocycles. The van der Waals surface area contributed by atoms with Gasteiger partial charge in [-0.15, -0.1) is 0 Å². The van der Waals surface area contributed by atoms with Crippen LogP contribution in [-0.4, -0.2) is 37.9 Å². The fraction of sp³-hybridized carbons (Fsp3) is 0.250. The molecular formula is C20H20N2O6S. The molecule has 1 atom stereocenters. The molecule has 0 aromatic heterocycles. The van der Waals surface area contributed by atoms with E-state index in [0.717, 1.165) is 0 Å². The minimum atomic E-state index is -3.82. The van der Waals surface area contributed by atoms with Crippen LogP contribution in [0.2, 0.25) is 0 Å². The number of benzene rings is 2. The van der Waals surface area contributed by atoms with Crippen molar-refractivity contribution in [3.05, 3.63) is 48.0 Å². The van der Waals surface area contributed by atoms with Gasteiger partial charge in [-0.25, -0.2) is 8.42 Å². The number of ketones is 1. The summed E-state index contributed by atoms with van der Waals surface area (Å²) < 4.78 is 30.9. The normalized spacial score (nSPS) is 14.2. The van der Waals surface area contributed by atoms with Gasteiger partial charge < -0.3 is 15.4 Å². The highest BCUT2D eigenvalue weighted by Gasteiger charge is 2.28. The molecule has 2 aromatic carbocycles. The predicted octanol–water partition coefficient (Wildman–Crippen LogP) is 2.41. The highest BCUT2D eigenvalue weighted by molar-refractivity contribution is 7.92. The van der Waals surface area contributed by atoms with Gasteiger partial charge in [0.05, 0.1) is 15.8 Å². The second-order valence-corrected chi connectivity index (χ2v) is 9.11. The topological polar surface area (TPSA) is 119 Å². The summed E-state index contributed by atoms with van der Waals surface area (Å²) in [5.74, 6) is -0.608. The third kappa shape index (κ3) is 4.62. The van der Waals surface area contributed by atoms with Crippen LogP contribution >= 0.6 is 0 Å². The van der Waals surface area contributed by atoms with Gasteiger partial charge in [-0.3, -0.25) is 14.4 Å². The monoisotopic (exact) mass is 416 g/mol. The van der Waals surface area contributed by atoms with Gasteiger partial charge >= 0.3 is 0 Å². The van der Waals surface area contributed by atoms with Gasteiger partial charge in [0.25, 0.3) is 5.91 Å². The number of fused-ring (bicyclic) bond motifs is 1. The van der Waals surface area contributed by atoms with Crippen LogP contribution in [0.25, 0.3) is 0 Å². The van der Waals surface area contributed by atoms with Gasteiger partial charge in [0.15, 0.2) is 22.2 Å². The molecule has 0 bridgehead atoms. The van der Waals surface area contributed by atoms with Crippen LogP contribution in [0.1, 0.15) is 30.6 Å². The van der Waals surface area contributed by atoms with E-state index in [1.54, 1.807) is 18.2 Å². The summed E-state index contributed by atoms with van der Waals surface area (Å²) >= 11 is 0. The number of rotatable bonds is 6. The molecule has 0 radical (unpaired) electrons. The fourth-order valence-corrected chi connectivity index (χ4v) is 4.25. The summed E-state index contributed by atoms with van der Waals surface area (Å²) in [7, 11) is -3.82. The highest BCUT2D eigenvalue weighted by atomic mass is 32.2. The molecule has 0 fully saturated rings. The molecule has 29 heavy (non-hydrogen) atoms. The summed E-state index contributed by atoms with van der Waals surface area (Å²) in [6, 6.07) is 10.6. The first-order chi connectivity index (χ1) is 13.7. The SMILES string of the molecule is CC(=O)c1cccc(NC(=O)C[C@@H](C)S(=O)(=O)c2ccc3c(c2)NC(=O)CO3)c1. The van der Waals surface area contributed by atoms with Crippen LogP contribution in [0.4, 0.5) is 11.4 Å². The second-order valence-electron chi connectivity index (χ2n) is 6.74. The van der Waals surface area contributed by atoms with Crippen LogP contribution in [0.5, 0.6) is 5.75 Å². The van der Waals surface area contributed by atoms with E-state index in [1.807, 2.05) is 0 Å². The average molecular weight is 416 g/mol. The maximum atomic E-state index is 12.9. The van der Waals surface area contributed by atoms with Gasteiger partial charge in [0.1, 0.15) is 5.75 Å². The molecule has 0 unspecified atom stereocenters. The summed E-state index contributed by atoms with van der Waals surface area (Å²) in [5.41, 5.74) is 1.14. The van der Waals surface area contributed by atoms with Crippen LogP contribution in [0, 0.1) is 0 Å². The van der Waals surface area contributed by atoms with E-state index in [4.69, 9.17) is 4.74 Å². The highest BCUT2D eigenvalue weighted by Crippen LogP contribution is 2.31. The number of nitrogens with one attached hydrogen (secondary N) is 2. The predicted molar refractivity (Wildman–Crippen MR) is 107 cm³/mol. The molecule has 0 saturated heterocycles. The van der Waals surface area contributed by atoms with Gasteiger partial charge in [0, 0.05) is 17.7 Å². The van der Waals surface area contributed by atoms with Crippen LogP contribution in [-0.2, 0) is 19.4 Å². The number of carbonyl (C=O) groups is 3. The molecule has 8 nitrogen and oxygen atoms in total. The van der Waals surface area contributed by atoms with E-state index in [-0.39, 0.29) is 35.3 Å². The zero-order chi connectivity index (χ0) is 21.2. The lowest BCUT2D eigenvalue weighted by Crippen LogP contribution is -2.27. The van der Waals surface area contributed by atoms with Gasteiger partial charge in [0.2, 0.25) is 5.91 Å². The number of ether oxygens (including phenoxy) is 1. The Labute approximate surface area is 168 Å². The Morgan fingerprint density at radius 2 is 1.97 bits per heavy atom. The average Bonchev–Trinajstić information content (AvgIpc) is 2.67. The molecule has 0 spiro atoms. The van der Waals surface area contributed by atoms with Crippen LogP contribution in [0.15, 0.2) is 47.4 Å². The van der Waals surface area contributed by atoms with Gasteiger partial charge in [-0.2, -0.15) is 0 Å². The maximum Gasteiger partial charge on any atom is 0.262 e. The van der Waals surface area contributed by atoms with Crippen molar-refractivity contribution in [1.82, 2.24) is 0 Å². The van der Waals surface area contributed by atoms with E-state index in [9.17, 15) is 22.8 Å². The van der Waals surface area contributed by atoms with Crippen molar-refractivity contribution in [2.24, 2.45) is 0 Å². The molecular weight excluding hydrogens is 396 g/mol. The molecule has 2 amide bonds. The number of Topliss-reactive ketones (excluding diaryl/α,β-unsaturated/α-hetero) is 1. The maximum absolute atomic E-state index is 12.9. The first-order valence-electron chi connectivity index (χ1n) is 8.88. The van der Waals surface area contributed by atoms with Gasteiger partial charge in [-0.1, -0.05) is 12.1 Å². The first-order valence-corrected chi connectivity index (χ1v) is 10.4. The zero-order valence-corrected chi connectivity index (χ0v) is 16.7. The van der Waals surface area contributed by atoms with Crippen molar-refractivity contribution >= 4 is 38.8 Å². The number of carbonyl (C=O) groups excluding carboxylic acids is 3. The summed E-state index contributed by atoms with van der Waals surface area (Å²) in [6.07, 6.45) is -0.271. The minimum absolute atomic E-state index is 0.0130. The summed E-state index contributed by atoms with van der Waals surface area (Å²) in [4.78, 5) is 35.2. The molecule has 2 N–H and O–H groups in total. The van der Waals surface area contributed by atoms with Gasteiger partial charge in [-0.05, 0) is 44.2 Å². The lowest BCUT2D eigenvalue weighted by Gasteiger charge is -2.19. The number of hydrogen-bond acceptors (Lipinski definition) is 6. The van der Waals surface area contributed by atoms with E-state index in [1.165, 1.54) is 38.1 Å². The van der Waals surface area contributed by atoms with E-state index >= 15 is 0 Å². The van der Waals surface area contributed by atoms with Crippen molar-refractivity contribution < 1.29 is 27.5 Å². The Morgan fingerprint density at radius 3 is 2.69 bits per heavy atom. The van der Waals surface area contributed by atoms with Crippen molar-refractivity contribution in [3.63, 3.8) is 0 Å². The standard InChI is InChI=1S/C20H20N2O6S/c1-12(8-19(24)21-15-5-3-4-14(9-15)13(2)23)29(26,27)16-6-7-18-17(10-16)22-20(25)11-28-18/h3-7,9-10,12H,8,11H2,1-2H3,(H,21,24)(H,22,25)/t12-/m1/s1. The zero-order valence-electron chi connectivity index (χ0n) is 15.9. The van der Waals surface area contributed by atoms with Crippen molar-refractivity contribution in [1.29, 1.82) is 0 Å². The molecule has 1 aliphatic heterocycles. The quantitative estimate of drug-likeness (QED) is 0.698. The Hall–Kier alpha value is -3.20. The Balaban J connectivity index is 1.72. The van der Waals surface area contributed by atoms with E-state index < -0.39 is 21.0 Å². The lowest BCUT2D eigenvalue weighted by molar-refractivity contribution is -0.118. The summed E-state index contributed by atoms with van der Waals surface area (Å²) in [5, 5.41) is 4.18. The summed E-state index contributed by atoms with van der Waals surface area (Å²) in [6.45, 7) is 2.73.